The fourth-order valence-electron chi connectivity index (χ4n) is 2.55. The molecule has 1 unspecified atom stereocenters. The number of carbonyl (C=O) groups is 1. The number of hydrogen-bond donors (Lipinski definition) is 1. The van der Waals surface area contributed by atoms with Crippen LogP contribution in [0.4, 0.5) is 16.2 Å². The molecule has 0 aliphatic carbocycles. The molecule has 5 heteroatoms. The number of nitrogen functional groups attached to an aromatic ring is 1. The normalized spacial score (nSPS) is 27.6. The van der Waals surface area contributed by atoms with Gasteiger partial charge in [-0.2, -0.15) is 11.8 Å². The standard InChI is InChI=1S/C13H16N2O2S/c14-10-3-1-4-11(7-10)15-8-13(17-12(15)16)5-2-6-18-9-13/h1,3-4,7H,2,5-6,8-9,14H2. The third kappa shape index (κ3) is 2.03. The monoisotopic (exact) mass is 264 g/mol. The zero-order chi connectivity index (χ0) is 12.6. The largest absolute Gasteiger partial charge is 0.440 e. The Morgan fingerprint density at radius 2 is 2.33 bits per heavy atom. The first-order valence-corrected chi connectivity index (χ1v) is 7.28. The van der Waals surface area contributed by atoms with Gasteiger partial charge in [-0.25, -0.2) is 4.79 Å². The zero-order valence-electron chi connectivity index (χ0n) is 10.1. The highest BCUT2D eigenvalue weighted by atomic mass is 32.2. The van der Waals surface area contributed by atoms with Crippen molar-refractivity contribution in [1.29, 1.82) is 0 Å². The topological polar surface area (TPSA) is 55.6 Å². The molecule has 3 rings (SSSR count). The van der Waals surface area contributed by atoms with Gasteiger partial charge >= 0.3 is 6.09 Å². The number of nitrogens with zero attached hydrogens (tertiary/aromatic N) is 1. The molecule has 0 aromatic heterocycles. The average Bonchev–Trinajstić information content (AvgIpc) is 2.67. The van der Waals surface area contributed by atoms with Gasteiger partial charge in [0.25, 0.3) is 0 Å². The Labute approximate surface area is 110 Å². The number of benzene rings is 1. The van der Waals surface area contributed by atoms with E-state index >= 15 is 0 Å². The molecule has 0 bridgehead atoms. The summed E-state index contributed by atoms with van der Waals surface area (Å²) in [5.41, 5.74) is 6.96. The van der Waals surface area contributed by atoms with Gasteiger partial charge in [0.1, 0.15) is 5.60 Å². The van der Waals surface area contributed by atoms with Crippen LogP contribution in [-0.2, 0) is 4.74 Å². The maximum absolute atomic E-state index is 12.0. The maximum Gasteiger partial charge on any atom is 0.415 e. The van der Waals surface area contributed by atoms with Crippen molar-refractivity contribution in [1.82, 2.24) is 0 Å². The van der Waals surface area contributed by atoms with Crippen molar-refractivity contribution in [2.75, 3.05) is 28.7 Å². The summed E-state index contributed by atoms with van der Waals surface area (Å²) in [6, 6.07) is 7.39. The summed E-state index contributed by atoms with van der Waals surface area (Å²) >= 11 is 1.86. The van der Waals surface area contributed by atoms with Crippen molar-refractivity contribution in [2.45, 2.75) is 18.4 Å². The predicted molar refractivity (Wildman–Crippen MR) is 74.0 cm³/mol. The third-order valence-corrected chi connectivity index (χ3v) is 4.75. The van der Waals surface area contributed by atoms with Gasteiger partial charge in [-0.3, -0.25) is 4.90 Å². The molecule has 1 atom stereocenters. The Morgan fingerprint density at radius 1 is 1.44 bits per heavy atom. The smallest absolute Gasteiger partial charge is 0.415 e. The van der Waals surface area contributed by atoms with Gasteiger partial charge in [0, 0.05) is 17.1 Å². The van der Waals surface area contributed by atoms with Crippen LogP contribution >= 0.6 is 11.8 Å². The average molecular weight is 264 g/mol. The van der Waals surface area contributed by atoms with Crippen LogP contribution in [0, 0.1) is 0 Å². The molecule has 4 nitrogen and oxygen atoms in total. The van der Waals surface area contributed by atoms with Crippen LogP contribution in [-0.4, -0.2) is 29.7 Å². The highest BCUT2D eigenvalue weighted by Crippen LogP contribution is 2.37. The van der Waals surface area contributed by atoms with Crippen LogP contribution in [0.3, 0.4) is 0 Å². The van der Waals surface area contributed by atoms with Crippen molar-refractivity contribution in [3.63, 3.8) is 0 Å². The summed E-state index contributed by atoms with van der Waals surface area (Å²) in [7, 11) is 0. The number of rotatable bonds is 1. The molecule has 2 heterocycles. The summed E-state index contributed by atoms with van der Waals surface area (Å²) in [5, 5.41) is 0. The Kier molecular flexibility index (Phi) is 2.86. The highest BCUT2D eigenvalue weighted by Gasteiger charge is 2.46. The van der Waals surface area contributed by atoms with Crippen LogP contribution in [0.1, 0.15) is 12.8 Å². The number of ether oxygens (including phenoxy) is 1. The minimum atomic E-state index is -0.287. The highest BCUT2D eigenvalue weighted by molar-refractivity contribution is 7.99. The van der Waals surface area contributed by atoms with Crippen LogP contribution < -0.4 is 10.6 Å². The SMILES string of the molecule is Nc1cccc(N2CC3(CCCSC3)OC2=O)c1. The van der Waals surface area contributed by atoms with Crippen LogP contribution in [0.25, 0.3) is 0 Å². The molecule has 2 N–H and O–H groups in total. The molecule has 96 valence electrons. The van der Waals surface area contributed by atoms with E-state index < -0.39 is 0 Å². The van der Waals surface area contributed by atoms with Crippen LogP contribution in [0.5, 0.6) is 0 Å². The second kappa shape index (κ2) is 4.39. The predicted octanol–water partition coefficient (Wildman–Crippen LogP) is 2.49. The second-order valence-electron chi connectivity index (χ2n) is 4.89. The van der Waals surface area contributed by atoms with Gasteiger partial charge in [0.15, 0.2) is 0 Å². The van der Waals surface area contributed by atoms with Crippen molar-refractivity contribution >= 4 is 29.2 Å². The lowest BCUT2D eigenvalue weighted by atomic mass is 10.00. The molecule has 18 heavy (non-hydrogen) atoms. The van der Waals surface area contributed by atoms with Gasteiger partial charge < -0.3 is 10.5 Å². The number of nitrogens with two attached hydrogens (primary N) is 1. The van der Waals surface area contributed by atoms with Gasteiger partial charge in [0.2, 0.25) is 0 Å². The molecule has 1 amide bonds. The van der Waals surface area contributed by atoms with E-state index in [2.05, 4.69) is 0 Å². The molecule has 1 aromatic rings. The van der Waals surface area contributed by atoms with Gasteiger partial charge in [-0.15, -0.1) is 0 Å². The lowest BCUT2D eigenvalue weighted by Crippen LogP contribution is -2.39. The Morgan fingerprint density at radius 3 is 3.06 bits per heavy atom. The van der Waals surface area contributed by atoms with Crippen molar-refractivity contribution < 1.29 is 9.53 Å². The quantitative estimate of drug-likeness (QED) is 0.792. The van der Waals surface area contributed by atoms with Gasteiger partial charge in [-0.1, -0.05) is 6.07 Å². The van der Waals surface area contributed by atoms with Crippen LogP contribution in [0.15, 0.2) is 24.3 Å². The molecule has 2 saturated heterocycles. The van der Waals surface area contributed by atoms with Crippen molar-refractivity contribution in [3.05, 3.63) is 24.3 Å². The summed E-state index contributed by atoms with van der Waals surface area (Å²) < 4.78 is 5.62. The molecule has 2 aliphatic rings. The fraction of sp³-hybridized carbons (Fsp3) is 0.462. The number of amides is 1. The van der Waals surface area contributed by atoms with Gasteiger partial charge in [0.05, 0.1) is 6.54 Å². The van der Waals surface area contributed by atoms with Crippen molar-refractivity contribution in [2.24, 2.45) is 0 Å². The van der Waals surface area contributed by atoms with Crippen molar-refractivity contribution in [3.8, 4) is 0 Å². The summed E-state index contributed by atoms with van der Waals surface area (Å²) in [5.74, 6) is 2.06. The molecule has 2 fully saturated rings. The van der Waals surface area contributed by atoms with Gasteiger partial charge in [-0.05, 0) is 36.8 Å². The summed E-state index contributed by atoms with van der Waals surface area (Å²) in [4.78, 5) is 13.7. The Bertz CT molecular complexity index is 472. The first kappa shape index (κ1) is 11.7. The van der Waals surface area contributed by atoms with E-state index in [1.165, 1.54) is 0 Å². The lowest BCUT2D eigenvalue weighted by molar-refractivity contribution is 0.0664. The number of anilines is 2. The number of thioether (sulfide) groups is 1. The minimum absolute atomic E-state index is 0.247. The zero-order valence-corrected chi connectivity index (χ0v) is 10.9. The first-order valence-electron chi connectivity index (χ1n) is 6.12. The lowest BCUT2D eigenvalue weighted by Gasteiger charge is -2.30. The van der Waals surface area contributed by atoms with E-state index in [0.717, 1.165) is 30.0 Å². The molecular formula is C13H16N2O2S. The first-order chi connectivity index (χ1) is 8.69. The second-order valence-corrected chi connectivity index (χ2v) is 5.99. The third-order valence-electron chi connectivity index (χ3n) is 3.44. The Hall–Kier alpha value is -1.36. The molecular weight excluding hydrogens is 248 g/mol. The van der Waals surface area contributed by atoms with E-state index in [9.17, 15) is 4.79 Å². The number of hydrogen-bond acceptors (Lipinski definition) is 4. The molecule has 1 aromatic carbocycles. The summed E-state index contributed by atoms with van der Waals surface area (Å²) in [6.07, 6.45) is 1.83. The number of carbonyl (C=O) groups excluding carboxylic acids is 1. The van der Waals surface area contributed by atoms with Crippen LogP contribution in [0.2, 0.25) is 0 Å². The van der Waals surface area contributed by atoms with E-state index in [1.54, 1.807) is 4.90 Å². The molecule has 1 spiro atoms. The minimum Gasteiger partial charge on any atom is -0.440 e. The van der Waals surface area contributed by atoms with E-state index in [-0.39, 0.29) is 11.7 Å². The summed E-state index contributed by atoms with van der Waals surface area (Å²) in [6.45, 7) is 0.641. The fourth-order valence-corrected chi connectivity index (χ4v) is 3.71. The maximum atomic E-state index is 12.0. The molecule has 0 radical (unpaired) electrons. The Balaban J connectivity index is 1.84. The molecule has 2 aliphatic heterocycles. The van der Waals surface area contributed by atoms with E-state index in [0.29, 0.717) is 12.2 Å². The van der Waals surface area contributed by atoms with E-state index in [4.69, 9.17) is 10.5 Å². The van der Waals surface area contributed by atoms with E-state index in [1.807, 2.05) is 36.0 Å². The molecule has 0 saturated carbocycles.